The summed E-state index contributed by atoms with van der Waals surface area (Å²) in [7, 11) is 0. The van der Waals surface area contributed by atoms with E-state index in [0.29, 0.717) is 12.1 Å². The summed E-state index contributed by atoms with van der Waals surface area (Å²) >= 11 is 0. The summed E-state index contributed by atoms with van der Waals surface area (Å²) in [5.41, 5.74) is -2.78. The third-order valence-electron chi connectivity index (χ3n) is 4.51. The lowest BCUT2D eigenvalue weighted by Gasteiger charge is -2.17. The molecule has 0 aliphatic carbocycles. The van der Waals surface area contributed by atoms with Gasteiger partial charge in [0.2, 0.25) is 0 Å². The fraction of sp³-hybridized carbons (Fsp3) is 0.545. The van der Waals surface area contributed by atoms with Crippen LogP contribution in [-0.4, -0.2) is 142 Å². The molecular weight excluding hydrogens is 520 g/mol. The first kappa shape index (κ1) is 32.8. The Morgan fingerprint density at radius 3 is 0.816 bits per heavy atom. The van der Waals surface area contributed by atoms with E-state index in [1.807, 2.05) is 0 Å². The maximum absolute atomic E-state index is 12.7. The van der Waals surface area contributed by atoms with E-state index in [1.165, 1.54) is 0 Å². The van der Waals surface area contributed by atoms with E-state index in [9.17, 15) is 39.6 Å². The lowest BCUT2D eigenvalue weighted by Crippen LogP contribution is -2.27. The number of aliphatic hydroxyl groups is 8. The zero-order valence-corrected chi connectivity index (χ0v) is 20.0. The lowest BCUT2D eigenvalue weighted by atomic mass is 9.97. The Morgan fingerprint density at radius 1 is 0.474 bits per heavy atom. The van der Waals surface area contributed by atoms with Crippen LogP contribution in [0, 0.1) is 0 Å². The number of carbonyl (C=O) groups excluding carboxylic acids is 4. The van der Waals surface area contributed by atoms with Gasteiger partial charge in [-0.2, -0.15) is 0 Å². The van der Waals surface area contributed by atoms with Gasteiger partial charge in [-0.15, -0.1) is 0 Å². The van der Waals surface area contributed by atoms with Gasteiger partial charge in [0, 0.05) is 0 Å². The molecule has 0 bridgehead atoms. The molecule has 8 N–H and O–H groups in total. The number of hydrogen-bond donors (Lipinski definition) is 8. The molecule has 0 amide bonds. The second-order valence-electron chi connectivity index (χ2n) is 7.68. The first-order valence-electron chi connectivity index (χ1n) is 11.0. The zero-order valence-electron chi connectivity index (χ0n) is 20.0. The van der Waals surface area contributed by atoms with Crippen molar-refractivity contribution in [3.8, 4) is 0 Å². The number of benzene rings is 1. The summed E-state index contributed by atoms with van der Waals surface area (Å²) in [6.07, 6.45) is -5.98. The Kier molecular flexibility index (Phi) is 14.3. The molecule has 0 fully saturated rings. The van der Waals surface area contributed by atoms with Crippen molar-refractivity contribution in [2.24, 2.45) is 0 Å². The number of hydrogen-bond acceptors (Lipinski definition) is 16. The molecule has 1 aromatic rings. The Balaban J connectivity index is 3.58. The number of carbonyl (C=O) groups is 4. The van der Waals surface area contributed by atoms with Gasteiger partial charge < -0.3 is 59.8 Å². The van der Waals surface area contributed by atoms with E-state index in [2.05, 4.69) is 0 Å². The van der Waals surface area contributed by atoms with Crippen LogP contribution in [0.1, 0.15) is 41.4 Å². The predicted molar refractivity (Wildman–Crippen MR) is 120 cm³/mol. The van der Waals surface area contributed by atoms with Crippen LogP contribution in [-0.2, 0) is 18.9 Å². The van der Waals surface area contributed by atoms with Gasteiger partial charge in [-0.1, -0.05) is 0 Å². The molecule has 4 atom stereocenters. The summed E-state index contributed by atoms with van der Waals surface area (Å²) < 4.78 is 19.3. The maximum Gasteiger partial charge on any atom is 0.339 e. The van der Waals surface area contributed by atoms with Crippen molar-refractivity contribution in [3.63, 3.8) is 0 Å². The molecule has 1 rings (SSSR count). The van der Waals surface area contributed by atoms with E-state index >= 15 is 0 Å². The molecule has 4 unspecified atom stereocenters. The summed E-state index contributed by atoms with van der Waals surface area (Å²) in [6.45, 7) is -6.08. The Bertz CT molecular complexity index is 801. The van der Waals surface area contributed by atoms with Crippen LogP contribution in [0.5, 0.6) is 0 Å². The van der Waals surface area contributed by atoms with Gasteiger partial charge >= 0.3 is 23.9 Å². The summed E-state index contributed by atoms with van der Waals surface area (Å²) in [4.78, 5) is 50.8. The van der Waals surface area contributed by atoms with Crippen LogP contribution >= 0.6 is 0 Å². The smallest absolute Gasteiger partial charge is 0.339 e. The van der Waals surface area contributed by atoms with Gasteiger partial charge in [0.05, 0.1) is 48.7 Å². The molecule has 38 heavy (non-hydrogen) atoms. The van der Waals surface area contributed by atoms with Crippen molar-refractivity contribution in [3.05, 3.63) is 34.4 Å². The minimum Gasteiger partial charge on any atom is -0.459 e. The van der Waals surface area contributed by atoms with Crippen LogP contribution in [0.3, 0.4) is 0 Å². The second-order valence-corrected chi connectivity index (χ2v) is 7.68. The van der Waals surface area contributed by atoms with E-state index in [-0.39, 0.29) is 0 Å². The highest BCUT2D eigenvalue weighted by Crippen LogP contribution is 2.22. The largest absolute Gasteiger partial charge is 0.459 e. The van der Waals surface area contributed by atoms with Crippen molar-refractivity contribution >= 4 is 23.9 Å². The molecule has 16 nitrogen and oxygen atoms in total. The third kappa shape index (κ3) is 10.3. The SMILES string of the molecule is O=C(OCC(O)CO)c1cc(C(=O)OCC(O)CO)c(C(=O)OCC(O)CO)cc1C(=O)OCC(O)CO. The second kappa shape index (κ2) is 16.6. The van der Waals surface area contributed by atoms with Crippen LogP contribution in [0.15, 0.2) is 12.1 Å². The van der Waals surface area contributed by atoms with Crippen molar-refractivity contribution in [1.82, 2.24) is 0 Å². The number of esters is 4. The quantitative estimate of drug-likeness (QED) is 0.0715. The van der Waals surface area contributed by atoms with Crippen LogP contribution < -0.4 is 0 Å². The monoisotopic (exact) mass is 550 g/mol. The van der Waals surface area contributed by atoms with Gasteiger partial charge in [-0.05, 0) is 12.1 Å². The molecule has 0 heterocycles. The van der Waals surface area contributed by atoms with Crippen molar-refractivity contribution < 1.29 is 79.0 Å². The third-order valence-corrected chi connectivity index (χ3v) is 4.51. The molecule has 0 spiro atoms. The highest BCUT2D eigenvalue weighted by Gasteiger charge is 2.30. The van der Waals surface area contributed by atoms with Gasteiger partial charge in [-0.25, -0.2) is 19.2 Å². The molecule has 16 heteroatoms. The zero-order chi connectivity index (χ0) is 28.8. The molecule has 0 aliphatic heterocycles. The minimum atomic E-state index is -1.49. The first-order chi connectivity index (χ1) is 18.0. The molecule has 1 aromatic carbocycles. The summed E-state index contributed by atoms with van der Waals surface area (Å²) in [5.74, 6) is -5.31. The average molecular weight is 550 g/mol. The van der Waals surface area contributed by atoms with Crippen LogP contribution in [0.2, 0.25) is 0 Å². The molecule has 0 aliphatic rings. The van der Waals surface area contributed by atoms with Gasteiger partial charge in [-0.3, -0.25) is 0 Å². The fourth-order valence-corrected chi connectivity index (χ4v) is 2.48. The molecule has 0 aromatic heterocycles. The topological polar surface area (TPSA) is 267 Å². The minimum absolute atomic E-state index is 0.680. The average Bonchev–Trinajstić information content (AvgIpc) is 2.94. The Labute approximate surface area is 215 Å². The van der Waals surface area contributed by atoms with Gasteiger partial charge in [0.15, 0.2) is 0 Å². The summed E-state index contributed by atoms with van der Waals surface area (Å²) in [5, 5.41) is 73.4. The summed E-state index contributed by atoms with van der Waals surface area (Å²) in [6, 6.07) is 1.36. The highest BCUT2D eigenvalue weighted by atomic mass is 16.6. The van der Waals surface area contributed by atoms with E-state index < -0.39 is 123 Å². The lowest BCUT2D eigenvalue weighted by molar-refractivity contribution is 0.00531. The number of aliphatic hydroxyl groups excluding tert-OH is 8. The predicted octanol–water partition coefficient (Wildman–Crippen LogP) is -4.27. The number of rotatable bonds is 16. The number of ether oxygens (including phenoxy) is 4. The van der Waals surface area contributed by atoms with Crippen molar-refractivity contribution in [2.45, 2.75) is 24.4 Å². The van der Waals surface area contributed by atoms with E-state index in [1.54, 1.807) is 0 Å². The molecule has 0 saturated carbocycles. The molecular formula is C22H30O16. The van der Waals surface area contributed by atoms with Crippen molar-refractivity contribution in [1.29, 1.82) is 0 Å². The Morgan fingerprint density at radius 2 is 0.658 bits per heavy atom. The molecule has 0 saturated heterocycles. The van der Waals surface area contributed by atoms with Crippen molar-refractivity contribution in [2.75, 3.05) is 52.9 Å². The fourth-order valence-electron chi connectivity index (χ4n) is 2.48. The normalized spacial score (nSPS) is 14.1. The first-order valence-corrected chi connectivity index (χ1v) is 11.0. The highest BCUT2D eigenvalue weighted by molar-refractivity contribution is 6.10. The maximum atomic E-state index is 12.7. The molecule has 0 radical (unpaired) electrons. The molecule has 214 valence electrons. The van der Waals surface area contributed by atoms with Crippen LogP contribution in [0.25, 0.3) is 0 Å². The standard InChI is InChI=1S/C22H30O16/c23-3-11(27)7-35-19(31)15-1-16(20(32)36-8-12(28)4-24)18(22(34)38-10-14(30)6-26)2-17(15)21(33)37-9-13(29)5-25/h1-2,11-14,23-30H,3-10H2. The van der Waals surface area contributed by atoms with Crippen LogP contribution in [0.4, 0.5) is 0 Å². The van der Waals surface area contributed by atoms with E-state index in [4.69, 9.17) is 39.4 Å². The van der Waals surface area contributed by atoms with Gasteiger partial charge in [0.1, 0.15) is 50.8 Å². The van der Waals surface area contributed by atoms with E-state index in [0.717, 1.165) is 0 Å². The Hall–Kier alpha value is -3.22. The van der Waals surface area contributed by atoms with Gasteiger partial charge in [0.25, 0.3) is 0 Å².